The van der Waals surface area contributed by atoms with Gasteiger partial charge < -0.3 is 10.3 Å². The lowest BCUT2D eigenvalue weighted by atomic mass is 10.1. The largest absolute Gasteiger partial charge is 0.348 e. The number of benzene rings is 2. The van der Waals surface area contributed by atoms with Gasteiger partial charge in [-0.3, -0.25) is 9.59 Å². The van der Waals surface area contributed by atoms with Gasteiger partial charge in [0.1, 0.15) is 0 Å². The zero-order chi connectivity index (χ0) is 19.3. The number of amides is 1. The van der Waals surface area contributed by atoms with Crippen molar-refractivity contribution >= 4 is 17.7 Å². The van der Waals surface area contributed by atoms with E-state index in [4.69, 9.17) is 0 Å². The number of aryl methyl sites for hydroxylation is 1. The lowest BCUT2D eigenvalue weighted by Gasteiger charge is -2.07. The first-order valence-corrected chi connectivity index (χ1v) is 10.3. The van der Waals surface area contributed by atoms with E-state index in [1.54, 1.807) is 0 Å². The van der Waals surface area contributed by atoms with E-state index in [0.29, 0.717) is 23.0 Å². The summed E-state index contributed by atoms with van der Waals surface area (Å²) in [5.41, 5.74) is 4.56. The van der Waals surface area contributed by atoms with E-state index in [2.05, 4.69) is 15.3 Å². The molecule has 4 rings (SSSR count). The Kier molecular flexibility index (Phi) is 5.58. The van der Waals surface area contributed by atoms with Crippen molar-refractivity contribution in [3.05, 3.63) is 92.9 Å². The normalized spacial score (nSPS) is 12.6. The predicted octanol–water partition coefficient (Wildman–Crippen LogP) is 3.48. The van der Waals surface area contributed by atoms with E-state index in [-0.39, 0.29) is 11.5 Å². The van der Waals surface area contributed by atoms with Crippen molar-refractivity contribution in [1.82, 2.24) is 15.3 Å². The first-order chi connectivity index (χ1) is 13.7. The number of carbonyl (C=O) groups excluding carboxylic acids is 1. The Bertz CT molecular complexity index is 1030. The van der Waals surface area contributed by atoms with Gasteiger partial charge in [0, 0.05) is 23.4 Å². The highest BCUT2D eigenvalue weighted by molar-refractivity contribution is 7.98. The Morgan fingerprint density at radius 2 is 1.82 bits per heavy atom. The van der Waals surface area contributed by atoms with Crippen molar-refractivity contribution in [3.8, 4) is 0 Å². The maximum Gasteiger partial charge on any atom is 0.254 e. The molecule has 1 aliphatic carbocycles. The van der Waals surface area contributed by atoms with Crippen molar-refractivity contribution in [2.45, 2.75) is 36.7 Å². The van der Waals surface area contributed by atoms with Gasteiger partial charge >= 0.3 is 0 Å². The van der Waals surface area contributed by atoms with Crippen molar-refractivity contribution in [2.75, 3.05) is 0 Å². The molecule has 1 aliphatic rings. The predicted molar refractivity (Wildman–Crippen MR) is 110 cm³/mol. The third kappa shape index (κ3) is 4.34. The zero-order valence-corrected chi connectivity index (χ0v) is 16.2. The molecule has 0 saturated carbocycles. The number of nitrogens with one attached hydrogen (secondary N) is 2. The van der Waals surface area contributed by atoms with Crippen LogP contribution in [-0.4, -0.2) is 15.9 Å². The van der Waals surface area contributed by atoms with Crippen LogP contribution in [0, 0.1) is 0 Å². The zero-order valence-electron chi connectivity index (χ0n) is 15.4. The molecule has 2 aromatic carbocycles. The highest BCUT2D eigenvalue weighted by Crippen LogP contribution is 2.22. The number of aromatic nitrogens is 2. The Morgan fingerprint density at radius 1 is 1.04 bits per heavy atom. The molecule has 6 heteroatoms. The van der Waals surface area contributed by atoms with Crippen molar-refractivity contribution in [3.63, 3.8) is 0 Å². The van der Waals surface area contributed by atoms with Crippen LogP contribution < -0.4 is 10.9 Å². The summed E-state index contributed by atoms with van der Waals surface area (Å²) in [7, 11) is 0. The highest BCUT2D eigenvalue weighted by Gasteiger charge is 2.17. The van der Waals surface area contributed by atoms with Gasteiger partial charge in [-0.25, -0.2) is 4.98 Å². The van der Waals surface area contributed by atoms with Crippen LogP contribution in [0.5, 0.6) is 0 Å². The number of aromatic amines is 1. The lowest BCUT2D eigenvalue weighted by molar-refractivity contribution is 0.0951. The molecule has 0 fully saturated rings. The number of rotatable bonds is 6. The second kappa shape index (κ2) is 8.44. The van der Waals surface area contributed by atoms with Crippen LogP contribution in [0.4, 0.5) is 0 Å². The summed E-state index contributed by atoms with van der Waals surface area (Å²) in [6.07, 6.45) is 2.73. The van der Waals surface area contributed by atoms with E-state index in [1.807, 2.05) is 54.6 Å². The van der Waals surface area contributed by atoms with Crippen LogP contribution in [-0.2, 0) is 25.1 Å². The van der Waals surface area contributed by atoms with Gasteiger partial charge in [-0.05, 0) is 42.5 Å². The minimum absolute atomic E-state index is 0.00423. The molecule has 0 bridgehead atoms. The topological polar surface area (TPSA) is 74.8 Å². The van der Waals surface area contributed by atoms with Crippen LogP contribution in [0.2, 0.25) is 0 Å². The molecule has 0 saturated heterocycles. The Labute approximate surface area is 167 Å². The fourth-order valence-electron chi connectivity index (χ4n) is 3.27. The van der Waals surface area contributed by atoms with Gasteiger partial charge in [-0.1, -0.05) is 54.2 Å². The monoisotopic (exact) mass is 391 g/mol. The minimum atomic E-state index is -0.0901. The molecule has 3 aromatic rings. The fraction of sp³-hybridized carbons (Fsp3) is 0.227. The fourth-order valence-corrected chi connectivity index (χ4v) is 4.11. The molecule has 1 aromatic heterocycles. The number of H-pyrrole nitrogens is 1. The molecule has 0 atom stereocenters. The molecular weight excluding hydrogens is 370 g/mol. The number of fused-ring (bicyclic) bond motifs is 1. The lowest BCUT2D eigenvalue weighted by Crippen LogP contribution is -2.22. The van der Waals surface area contributed by atoms with Gasteiger partial charge in [0.25, 0.3) is 11.5 Å². The molecule has 0 aliphatic heterocycles. The van der Waals surface area contributed by atoms with E-state index in [0.717, 1.165) is 41.6 Å². The molecule has 28 heavy (non-hydrogen) atoms. The maximum atomic E-state index is 12.3. The minimum Gasteiger partial charge on any atom is -0.348 e. The van der Waals surface area contributed by atoms with Gasteiger partial charge in [0.2, 0.25) is 0 Å². The number of thioether (sulfide) groups is 1. The molecule has 5 nitrogen and oxygen atoms in total. The molecule has 0 spiro atoms. The summed E-state index contributed by atoms with van der Waals surface area (Å²) in [5.74, 6) is 0.598. The summed E-state index contributed by atoms with van der Waals surface area (Å²) in [6, 6.07) is 17.4. The SMILES string of the molecule is O=C(NCc1ccccc1)c1ccc(CSc2nc3c(c(=O)[nH]2)CCC3)cc1. The average Bonchev–Trinajstić information content (AvgIpc) is 3.21. The van der Waals surface area contributed by atoms with Crippen LogP contribution in [0.15, 0.2) is 64.5 Å². The summed E-state index contributed by atoms with van der Waals surface area (Å²) in [5, 5.41) is 3.59. The van der Waals surface area contributed by atoms with Crippen LogP contribution in [0.1, 0.15) is 39.2 Å². The summed E-state index contributed by atoms with van der Waals surface area (Å²) >= 11 is 1.51. The van der Waals surface area contributed by atoms with Gasteiger partial charge in [-0.2, -0.15) is 0 Å². The standard InChI is InChI=1S/C22H21N3O2S/c26-20(23-13-15-5-2-1-3-6-15)17-11-9-16(10-12-17)14-28-22-24-19-8-4-7-18(19)21(27)25-22/h1-3,5-6,9-12H,4,7-8,13-14H2,(H,23,26)(H,24,25,27). The highest BCUT2D eigenvalue weighted by atomic mass is 32.2. The van der Waals surface area contributed by atoms with Crippen LogP contribution in [0.25, 0.3) is 0 Å². The van der Waals surface area contributed by atoms with E-state index in [1.165, 1.54) is 11.8 Å². The first-order valence-electron chi connectivity index (χ1n) is 9.35. The van der Waals surface area contributed by atoms with Gasteiger partial charge in [-0.15, -0.1) is 0 Å². The number of hydrogen-bond donors (Lipinski definition) is 2. The van der Waals surface area contributed by atoms with Gasteiger partial charge in [0.15, 0.2) is 5.16 Å². The smallest absolute Gasteiger partial charge is 0.254 e. The Hall–Kier alpha value is -2.86. The quantitative estimate of drug-likeness (QED) is 0.498. The molecule has 1 amide bonds. The van der Waals surface area contributed by atoms with E-state index in [9.17, 15) is 9.59 Å². The Morgan fingerprint density at radius 3 is 2.61 bits per heavy atom. The third-order valence-electron chi connectivity index (χ3n) is 4.81. The second-order valence-electron chi connectivity index (χ2n) is 6.80. The van der Waals surface area contributed by atoms with Gasteiger partial charge in [0.05, 0.1) is 5.69 Å². The molecule has 0 radical (unpaired) electrons. The van der Waals surface area contributed by atoms with Crippen molar-refractivity contribution < 1.29 is 4.79 Å². The van der Waals surface area contributed by atoms with E-state index < -0.39 is 0 Å². The molecular formula is C22H21N3O2S. The summed E-state index contributed by atoms with van der Waals surface area (Å²) in [4.78, 5) is 31.8. The molecule has 142 valence electrons. The van der Waals surface area contributed by atoms with Crippen LogP contribution >= 0.6 is 11.8 Å². The third-order valence-corrected chi connectivity index (χ3v) is 5.75. The number of carbonyl (C=O) groups is 1. The second-order valence-corrected chi connectivity index (χ2v) is 7.77. The van der Waals surface area contributed by atoms with Crippen LogP contribution in [0.3, 0.4) is 0 Å². The molecule has 1 heterocycles. The Balaban J connectivity index is 1.34. The maximum absolute atomic E-state index is 12.3. The number of hydrogen-bond acceptors (Lipinski definition) is 4. The number of nitrogens with zero attached hydrogens (tertiary/aromatic N) is 1. The average molecular weight is 391 g/mol. The van der Waals surface area contributed by atoms with Crippen molar-refractivity contribution in [1.29, 1.82) is 0 Å². The van der Waals surface area contributed by atoms with E-state index >= 15 is 0 Å². The van der Waals surface area contributed by atoms with Crippen molar-refractivity contribution in [2.24, 2.45) is 0 Å². The first kappa shape index (κ1) is 18.5. The summed E-state index contributed by atoms with van der Waals surface area (Å²) in [6.45, 7) is 0.509. The molecule has 2 N–H and O–H groups in total. The molecule has 0 unspecified atom stereocenters. The summed E-state index contributed by atoms with van der Waals surface area (Å²) < 4.78 is 0.